The summed E-state index contributed by atoms with van der Waals surface area (Å²) >= 11 is 0. The molecule has 5 nitrogen and oxygen atoms in total. The van der Waals surface area contributed by atoms with E-state index in [1.54, 1.807) is 19.1 Å². The number of carboxylic acid groups (broad SMARTS) is 1. The molecule has 1 atom stereocenters. The first-order valence-corrected chi connectivity index (χ1v) is 6.93. The quantitative estimate of drug-likeness (QED) is 0.802. The van der Waals surface area contributed by atoms with Crippen LogP contribution in [0.1, 0.15) is 28.9 Å². The van der Waals surface area contributed by atoms with Crippen molar-refractivity contribution in [3.8, 4) is 0 Å². The van der Waals surface area contributed by atoms with Crippen LogP contribution >= 0.6 is 0 Å². The van der Waals surface area contributed by atoms with E-state index in [9.17, 15) is 9.59 Å². The van der Waals surface area contributed by atoms with Crippen LogP contribution in [0.4, 0.5) is 5.69 Å². The molecule has 0 amide bonds. The lowest BCUT2D eigenvalue weighted by Gasteiger charge is -2.19. The maximum atomic E-state index is 12.1. The smallest absolute Gasteiger partial charge is 0.335 e. The van der Waals surface area contributed by atoms with Crippen LogP contribution < -0.4 is 5.32 Å². The fourth-order valence-electron chi connectivity index (χ4n) is 2.03. The number of nitrogens with one attached hydrogen (secondary N) is 1. The number of carbonyl (C=O) groups excluding carboxylic acids is 1. The molecule has 0 aliphatic heterocycles. The lowest BCUT2D eigenvalue weighted by molar-refractivity contribution is -0.144. The first kappa shape index (κ1) is 15.6. The zero-order valence-corrected chi connectivity index (χ0v) is 12.2. The van der Waals surface area contributed by atoms with E-state index in [0.717, 1.165) is 5.56 Å². The monoisotopic (exact) mass is 299 g/mol. The van der Waals surface area contributed by atoms with E-state index in [-0.39, 0.29) is 11.5 Å². The Morgan fingerprint density at radius 2 is 1.73 bits per heavy atom. The molecule has 22 heavy (non-hydrogen) atoms. The highest BCUT2D eigenvalue weighted by molar-refractivity contribution is 5.88. The Morgan fingerprint density at radius 3 is 2.27 bits per heavy atom. The summed E-state index contributed by atoms with van der Waals surface area (Å²) in [5.41, 5.74) is 1.62. The van der Waals surface area contributed by atoms with Crippen molar-refractivity contribution in [2.24, 2.45) is 0 Å². The number of rotatable bonds is 6. The first-order chi connectivity index (χ1) is 10.6. The minimum atomic E-state index is -0.989. The van der Waals surface area contributed by atoms with Crippen molar-refractivity contribution in [2.75, 3.05) is 11.9 Å². The lowest BCUT2D eigenvalue weighted by atomic mass is 10.1. The van der Waals surface area contributed by atoms with Gasteiger partial charge in [0.15, 0.2) is 6.04 Å². The van der Waals surface area contributed by atoms with Crippen LogP contribution in [0.25, 0.3) is 0 Å². The molecule has 2 N–H and O–H groups in total. The van der Waals surface area contributed by atoms with Gasteiger partial charge >= 0.3 is 11.9 Å². The van der Waals surface area contributed by atoms with Crippen molar-refractivity contribution in [2.45, 2.75) is 13.0 Å². The van der Waals surface area contributed by atoms with Crippen LogP contribution in [-0.2, 0) is 9.53 Å². The molecule has 0 spiro atoms. The maximum absolute atomic E-state index is 12.1. The minimum Gasteiger partial charge on any atom is -0.478 e. The van der Waals surface area contributed by atoms with E-state index < -0.39 is 12.0 Å². The van der Waals surface area contributed by atoms with Crippen molar-refractivity contribution in [1.82, 2.24) is 0 Å². The standard InChI is InChI=1S/C17H17NO4/c1-2-22-17(21)15(12-6-4-3-5-7-12)18-14-10-8-13(9-11-14)16(19)20/h3-11,15,18H,2H2,1H3,(H,19,20). The molecular weight excluding hydrogens is 282 g/mol. The van der Waals surface area contributed by atoms with E-state index in [0.29, 0.717) is 12.3 Å². The Bertz CT molecular complexity index is 637. The second-order valence-corrected chi connectivity index (χ2v) is 4.62. The average molecular weight is 299 g/mol. The largest absolute Gasteiger partial charge is 0.478 e. The molecule has 2 aromatic rings. The number of hydrogen-bond acceptors (Lipinski definition) is 4. The van der Waals surface area contributed by atoms with Gasteiger partial charge in [-0.25, -0.2) is 9.59 Å². The molecular formula is C17H17NO4. The van der Waals surface area contributed by atoms with Gasteiger partial charge in [-0.1, -0.05) is 30.3 Å². The predicted octanol–water partition coefficient (Wildman–Crippen LogP) is 3.10. The molecule has 0 aromatic heterocycles. The van der Waals surface area contributed by atoms with Gasteiger partial charge < -0.3 is 15.2 Å². The summed E-state index contributed by atoms with van der Waals surface area (Å²) in [6, 6.07) is 14.8. The van der Waals surface area contributed by atoms with Gasteiger partial charge in [-0.3, -0.25) is 0 Å². The molecule has 0 bridgehead atoms. The van der Waals surface area contributed by atoms with Crippen molar-refractivity contribution < 1.29 is 19.4 Å². The van der Waals surface area contributed by atoms with Crippen LogP contribution in [0.3, 0.4) is 0 Å². The molecule has 0 radical (unpaired) electrons. The van der Waals surface area contributed by atoms with Gasteiger partial charge in [-0.05, 0) is 36.8 Å². The van der Waals surface area contributed by atoms with Gasteiger partial charge in [0.1, 0.15) is 0 Å². The summed E-state index contributed by atoms with van der Waals surface area (Å²) in [4.78, 5) is 23.0. The second kappa shape index (κ2) is 7.26. The Labute approximate surface area is 128 Å². The van der Waals surface area contributed by atoms with Crippen molar-refractivity contribution in [1.29, 1.82) is 0 Å². The summed E-state index contributed by atoms with van der Waals surface area (Å²) in [6.07, 6.45) is 0. The average Bonchev–Trinajstić information content (AvgIpc) is 2.54. The Kier molecular flexibility index (Phi) is 5.14. The van der Waals surface area contributed by atoms with E-state index in [4.69, 9.17) is 9.84 Å². The maximum Gasteiger partial charge on any atom is 0.335 e. The number of ether oxygens (including phenoxy) is 1. The zero-order valence-electron chi connectivity index (χ0n) is 12.2. The fraction of sp³-hybridized carbons (Fsp3) is 0.176. The second-order valence-electron chi connectivity index (χ2n) is 4.62. The number of esters is 1. The highest BCUT2D eigenvalue weighted by Gasteiger charge is 2.21. The number of aromatic carboxylic acids is 1. The van der Waals surface area contributed by atoms with Crippen LogP contribution in [0.2, 0.25) is 0 Å². The molecule has 2 aromatic carbocycles. The van der Waals surface area contributed by atoms with Gasteiger partial charge in [0, 0.05) is 5.69 Å². The van der Waals surface area contributed by atoms with Gasteiger partial charge in [-0.2, -0.15) is 0 Å². The normalized spacial score (nSPS) is 11.5. The number of hydrogen-bond donors (Lipinski definition) is 2. The molecule has 1 unspecified atom stereocenters. The fourth-order valence-corrected chi connectivity index (χ4v) is 2.03. The summed E-state index contributed by atoms with van der Waals surface area (Å²) in [7, 11) is 0. The number of carboxylic acids is 1. The van der Waals surface area contributed by atoms with Crippen LogP contribution in [0.15, 0.2) is 54.6 Å². The molecule has 114 valence electrons. The molecule has 0 heterocycles. The molecule has 0 saturated carbocycles. The van der Waals surface area contributed by atoms with E-state index in [1.807, 2.05) is 30.3 Å². The summed E-state index contributed by atoms with van der Waals surface area (Å²) in [5, 5.41) is 12.0. The van der Waals surface area contributed by atoms with Crippen molar-refractivity contribution in [3.63, 3.8) is 0 Å². The van der Waals surface area contributed by atoms with Crippen molar-refractivity contribution >= 4 is 17.6 Å². The van der Waals surface area contributed by atoms with Gasteiger partial charge in [0.2, 0.25) is 0 Å². The highest BCUT2D eigenvalue weighted by atomic mass is 16.5. The Hall–Kier alpha value is -2.82. The third-order valence-corrected chi connectivity index (χ3v) is 3.10. The predicted molar refractivity (Wildman–Crippen MR) is 82.8 cm³/mol. The topological polar surface area (TPSA) is 75.6 Å². The van der Waals surface area contributed by atoms with Crippen molar-refractivity contribution in [3.05, 3.63) is 65.7 Å². The SMILES string of the molecule is CCOC(=O)C(Nc1ccc(C(=O)O)cc1)c1ccccc1. The Morgan fingerprint density at radius 1 is 1.09 bits per heavy atom. The highest BCUT2D eigenvalue weighted by Crippen LogP contribution is 2.21. The van der Waals surface area contributed by atoms with E-state index in [1.165, 1.54) is 12.1 Å². The number of carbonyl (C=O) groups is 2. The molecule has 2 rings (SSSR count). The molecule has 0 aliphatic carbocycles. The third kappa shape index (κ3) is 3.85. The third-order valence-electron chi connectivity index (χ3n) is 3.10. The van der Waals surface area contributed by atoms with E-state index in [2.05, 4.69) is 5.32 Å². The molecule has 0 aliphatic rings. The lowest BCUT2D eigenvalue weighted by Crippen LogP contribution is -2.23. The van der Waals surface area contributed by atoms with Crippen LogP contribution in [0.5, 0.6) is 0 Å². The van der Waals surface area contributed by atoms with Gasteiger partial charge in [-0.15, -0.1) is 0 Å². The minimum absolute atomic E-state index is 0.193. The number of benzene rings is 2. The summed E-state index contributed by atoms with van der Waals surface area (Å²) < 4.78 is 5.10. The zero-order chi connectivity index (χ0) is 15.9. The van der Waals surface area contributed by atoms with Crippen LogP contribution in [-0.4, -0.2) is 23.7 Å². The van der Waals surface area contributed by atoms with Gasteiger partial charge in [0.25, 0.3) is 0 Å². The molecule has 0 saturated heterocycles. The number of anilines is 1. The summed E-state index contributed by atoms with van der Waals surface area (Å²) in [6.45, 7) is 2.05. The van der Waals surface area contributed by atoms with Crippen LogP contribution in [0, 0.1) is 0 Å². The molecule has 0 fully saturated rings. The van der Waals surface area contributed by atoms with E-state index >= 15 is 0 Å². The van der Waals surface area contributed by atoms with Gasteiger partial charge in [0.05, 0.1) is 12.2 Å². The molecule has 5 heteroatoms. The summed E-state index contributed by atoms with van der Waals surface area (Å²) in [5.74, 6) is -1.37. The Balaban J connectivity index is 2.22. The first-order valence-electron chi connectivity index (χ1n) is 6.93.